The van der Waals surface area contributed by atoms with Crippen LogP contribution in [0.5, 0.6) is 0 Å². The summed E-state index contributed by atoms with van der Waals surface area (Å²) in [5, 5.41) is 1.84. The summed E-state index contributed by atoms with van der Waals surface area (Å²) >= 11 is 7.52. The van der Waals surface area contributed by atoms with Gasteiger partial charge in [0.15, 0.2) is 22.7 Å². The first-order chi connectivity index (χ1) is 10.6. The van der Waals surface area contributed by atoms with Gasteiger partial charge in [0.25, 0.3) is 5.91 Å². The minimum absolute atomic E-state index is 0. The Balaban J connectivity index is 0.00000192. The fourth-order valence-corrected chi connectivity index (χ4v) is 3.70. The van der Waals surface area contributed by atoms with Crippen molar-refractivity contribution >= 4 is 34.0 Å². The van der Waals surface area contributed by atoms with Crippen molar-refractivity contribution in [3.63, 3.8) is 0 Å². The van der Waals surface area contributed by atoms with Gasteiger partial charge in [-0.05, 0) is 17.7 Å². The number of halogens is 2. The topological polar surface area (TPSA) is 59.4 Å². The first-order valence-electron chi connectivity index (χ1n) is 7.04. The fourth-order valence-electron chi connectivity index (χ4n) is 2.44. The predicted molar refractivity (Wildman–Crippen MR) is 87.2 cm³/mol. The molecular formula is C15H17BrClN3O2S. The van der Waals surface area contributed by atoms with Crippen LogP contribution in [0.25, 0.3) is 11.1 Å². The van der Waals surface area contributed by atoms with Crippen molar-refractivity contribution in [3.05, 3.63) is 35.5 Å². The van der Waals surface area contributed by atoms with Crippen molar-refractivity contribution in [2.24, 2.45) is 5.73 Å². The minimum atomic E-state index is -0.345. The molecule has 1 fully saturated rings. The molecule has 124 valence electrons. The standard InChI is InChI=1S/C15H16ClN3O2S.BrH/c16-12-3-1-11(2-4-12)13-9-19(10-14(17)20)22-15(13)18-5-7-21-8-6-18;/h1-4,9H,5-8,10H2,(H-,17,20);1H. The molecule has 0 unspecified atom stereocenters. The van der Waals surface area contributed by atoms with Crippen LogP contribution in [-0.2, 0) is 16.1 Å². The first-order valence-corrected chi connectivity index (χ1v) is 8.19. The van der Waals surface area contributed by atoms with E-state index in [0.717, 1.165) is 29.2 Å². The average molecular weight is 419 g/mol. The number of aromatic nitrogens is 1. The van der Waals surface area contributed by atoms with E-state index in [0.29, 0.717) is 18.2 Å². The Labute approximate surface area is 154 Å². The van der Waals surface area contributed by atoms with Crippen LogP contribution in [0, 0.1) is 0 Å². The highest BCUT2D eigenvalue weighted by molar-refractivity contribution is 7.07. The van der Waals surface area contributed by atoms with Crippen molar-refractivity contribution in [3.8, 4) is 11.1 Å². The van der Waals surface area contributed by atoms with Crippen molar-refractivity contribution < 1.29 is 30.5 Å². The zero-order valence-corrected chi connectivity index (χ0v) is 15.5. The molecule has 8 heteroatoms. The lowest BCUT2D eigenvalue weighted by Gasteiger charge is -2.26. The number of hydrogen-bond donors (Lipinski definition) is 1. The molecule has 1 aliphatic rings. The van der Waals surface area contributed by atoms with E-state index in [9.17, 15) is 4.79 Å². The molecule has 0 spiro atoms. The lowest BCUT2D eigenvalue weighted by Crippen LogP contribution is -3.00. The molecule has 1 amide bonds. The first kappa shape index (κ1) is 18.2. The molecule has 0 atom stereocenters. The molecule has 5 nitrogen and oxygen atoms in total. The van der Waals surface area contributed by atoms with Crippen LogP contribution in [0.3, 0.4) is 0 Å². The lowest BCUT2D eigenvalue weighted by atomic mass is 10.1. The molecule has 0 bridgehead atoms. The zero-order chi connectivity index (χ0) is 15.5. The SMILES string of the molecule is NC(=O)C[n+]1cc(-c2ccc(Cl)cc2)c(N2CCOCC2)s1.[Br-]. The van der Waals surface area contributed by atoms with Gasteiger partial charge in [-0.15, -0.1) is 3.96 Å². The molecule has 1 aliphatic heterocycles. The molecule has 0 saturated carbocycles. The molecule has 23 heavy (non-hydrogen) atoms. The molecule has 0 aliphatic carbocycles. The zero-order valence-electron chi connectivity index (χ0n) is 12.4. The fraction of sp³-hybridized carbons (Fsp3) is 0.333. The Morgan fingerprint density at radius 1 is 1.30 bits per heavy atom. The highest BCUT2D eigenvalue weighted by Crippen LogP contribution is 2.34. The number of ether oxygens (including phenoxy) is 1. The second kappa shape index (κ2) is 8.10. The number of primary amides is 1. The number of hydrogen-bond acceptors (Lipinski definition) is 4. The van der Waals surface area contributed by atoms with Crippen LogP contribution in [0.2, 0.25) is 5.02 Å². The van der Waals surface area contributed by atoms with Crippen molar-refractivity contribution in [1.82, 2.24) is 0 Å². The minimum Gasteiger partial charge on any atom is -1.00 e. The maximum absolute atomic E-state index is 11.2. The van der Waals surface area contributed by atoms with Crippen LogP contribution in [0.15, 0.2) is 30.5 Å². The molecule has 0 radical (unpaired) electrons. The van der Waals surface area contributed by atoms with Crippen molar-refractivity contribution in [1.29, 1.82) is 0 Å². The molecule has 2 heterocycles. The third kappa shape index (κ3) is 4.44. The molecule has 3 rings (SSSR count). The number of carbonyl (C=O) groups is 1. The van der Waals surface area contributed by atoms with Gasteiger partial charge in [0.2, 0.25) is 6.54 Å². The molecular weight excluding hydrogens is 402 g/mol. The smallest absolute Gasteiger partial charge is 0.284 e. The van der Waals surface area contributed by atoms with Gasteiger partial charge in [-0.3, -0.25) is 4.79 Å². The highest BCUT2D eigenvalue weighted by atomic mass is 79.9. The monoisotopic (exact) mass is 417 g/mol. The summed E-state index contributed by atoms with van der Waals surface area (Å²) in [6.07, 6.45) is 1.98. The van der Waals surface area contributed by atoms with Crippen LogP contribution >= 0.6 is 23.1 Å². The Bertz CT molecular complexity index is 672. The second-order valence-electron chi connectivity index (χ2n) is 5.09. The van der Waals surface area contributed by atoms with E-state index in [1.807, 2.05) is 34.4 Å². The summed E-state index contributed by atoms with van der Waals surface area (Å²) in [6, 6.07) is 7.72. The van der Waals surface area contributed by atoms with E-state index in [1.54, 1.807) is 11.5 Å². The lowest BCUT2D eigenvalue weighted by molar-refractivity contribution is -0.614. The van der Waals surface area contributed by atoms with E-state index < -0.39 is 0 Å². The van der Waals surface area contributed by atoms with Gasteiger partial charge >= 0.3 is 0 Å². The molecule has 1 aromatic carbocycles. The van der Waals surface area contributed by atoms with Gasteiger partial charge in [-0.1, -0.05) is 23.7 Å². The molecule has 1 saturated heterocycles. The van der Waals surface area contributed by atoms with Crippen molar-refractivity contribution in [2.45, 2.75) is 6.54 Å². The van der Waals surface area contributed by atoms with Gasteiger partial charge in [0, 0.05) is 18.1 Å². The number of nitrogens with two attached hydrogens (primary N) is 1. The van der Waals surface area contributed by atoms with Crippen molar-refractivity contribution in [2.75, 3.05) is 31.2 Å². The quantitative estimate of drug-likeness (QED) is 0.627. The third-order valence-electron chi connectivity index (χ3n) is 3.47. The van der Waals surface area contributed by atoms with E-state index in [4.69, 9.17) is 22.1 Å². The van der Waals surface area contributed by atoms with Crippen LogP contribution in [0.4, 0.5) is 5.00 Å². The number of rotatable bonds is 4. The summed E-state index contributed by atoms with van der Waals surface area (Å²) in [6.45, 7) is 3.31. The molecule has 2 aromatic rings. The maximum atomic E-state index is 11.2. The van der Waals surface area contributed by atoms with E-state index in [1.165, 1.54) is 0 Å². The van der Waals surface area contributed by atoms with Gasteiger partial charge in [0.05, 0.1) is 18.8 Å². The third-order valence-corrected chi connectivity index (χ3v) is 4.84. The van der Waals surface area contributed by atoms with Gasteiger partial charge in [-0.2, -0.15) is 0 Å². The number of benzene rings is 1. The number of carbonyl (C=O) groups excluding carboxylic acids is 1. The number of amides is 1. The molecule has 1 aromatic heterocycles. The normalized spacial score (nSPS) is 14.4. The average Bonchev–Trinajstić information content (AvgIpc) is 2.92. The van der Waals surface area contributed by atoms with Gasteiger partial charge in [-0.25, -0.2) is 0 Å². The number of nitrogens with zero attached hydrogens (tertiary/aromatic N) is 2. The molecule has 2 N–H and O–H groups in total. The Morgan fingerprint density at radius 2 is 1.96 bits per heavy atom. The Kier molecular flexibility index (Phi) is 6.41. The number of morpholine rings is 1. The summed E-state index contributed by atoms with van der Waals surface area (Å²) < 4.78 is 7.29. The van der Waals surface area contributed by atoms with Gasteiger partial charge in [0.1, 0.15) is 0 Å². The van der Waals surface area contributed by atoms with E-state index in [2.05, 4.69) is 4.90 Å². The summed E-state index contributed by atoms with van der Waals surface area (Å²) in [7, 11) is 0. The Hall–Kier alpha value is -1.15. The maximum Gasteiger partial charge on any atom is 0.284 e. The van der Waals surface area contributed by atoms with Crippen LogP contribution in [0.1, 0.15) is 0 Å². The largest absolute Gasteiger partial charge is 1.00 e. The summed E-state index contributed by atoms with van der Waals surface area (Å²) in [5.74, 6) is -0.345. The predicted octanol–water partition coefficient (Wildman–Crippen LogP) is -1.32. The number of anilines is 1. The van der Waals surface area contributed by atoms with E-state index in [-0.39, 0.29) is 29.4 Å². The highest BCUT2D eigenvalue weighted by Gasteiger charge is 2.25. The summed E-state index contributed by atoms with van der Waals surface area (Å²) in [5.41, 5.74) is 7.48. The van der Waals surface area contributed by atoms with Crippen LogP contribution in [-0.4, -0.2) is 32.2 Å². The van der Waals surface area contributed by atoms with Crippen LogP contribution < -0.4 is 31.6 Å². The summed E-state index contributed by atoms with van der Waals surface area (Å²) in [4.78, 5) is 13.5. The van der Waals surface area contributed by atoms with E-state index >= 15 is 0 Å². The van der Waals surface area contributed by atoms with Gasteiger partial charge < -0.3 is 32.4 Å². The second-order valence-corrected chi connectivity index (χ2v) is 6.56. The Morgan fingerprint density at radius 3 is 2.57 bits per heavy atom.